The van der Waals surface area contributed by atoms with Crippen molar-refractivity contribution in [1.29, 1.82) is 0 Å². The van der Waals surface area contributed by atoms with Gasteiger partial charge in [-0.2, -0.15) is 5.10 Å². The lowest BCUT2D eigenvalue weighted by molar-refractivity contribution is 0.00704. The molecule has 4 heteroatoms. The Morgan fingerprint density at radius 3 is 3.12 bits per heavy atom. The van der Waals surface area contributed by atoms with Crippen LogP contribution in [0.2, 0.25) is 0 Å². The lowest BCUT2D eigenvalue weighted by Gasteiger charge is -2.25. The fourth-order valence-electron chi connectivity index (χ4n) is 2.40. The molecule has 2 rings (SSSR count). The van der Waals surface area contributed by atoms with Gasteiger partial charge in [-0.15, -0.1) is 0 Å². The van der Waals surface area contributed by atoms with Gasteiger partial charge < -0.3 is 10.5 Å². The van der Waals surface area contributed by atoms with Crippen LogP contribution in [0.4, 0.5) is 0 Å². The molecule has 2 atom stereocenters. The lowest BCUT2D eigenvalue weighted by Crippen LogP contribution is -2.30. The average Bonchev–Trinajstić information content (AvgIpc) is 2.74. The first-order chi connectivity index (χ1) is 8.24. The Hall–Kier alpha value is -0.870. The second-order valence-corrected chi connectivity index (χ2v) is 5.05. The highest BCUT2D eigenvalue weighted by molar-refractivity contribution is 5.03. The topological polar surface area (TPSA) is 53.1 Å². The molecule has 2 unspecified atom stereocenters. The van der Waals surface area contributed by atoms with Crippen LogP contribution in [0, 0.1) is 0 Å². The number of hydrogen-bond acceptors (Lipinski definition) is 3. The zero-order valence-electron chi connectivity index (χ0n) is 10.6. The summed E-state index contributed by atoms with van der Waals surface area (Å²) in [6.45, 7) is 0.917. The molecule has 1 aliphatic heterocycles. The molecule has 1 aliphatic rings. The van der Waals surface area contributed by atoms with Gasteiger partial charge >= 0.3 is 0 Å². The molecule has 1 saturated heterocycles. The van der Waals surface area contributed by atoms with Crippen molar-refractivity contribution in [3.05, 3.63) is 18.0 Å². The largest absolute Gasteiger partial charge is 0.378 e. The summed E-state index contributed by atoms with van der Waals surface area (Å²) >= 11 is 0. The maximum atomic E-state index is 6.15. The van der Waals surface area contributed by atoms with Crippen molar-refractivity contribution in [3.63, 3.8) is 0 Å². The molecule has 1 aromatic rings. The molecule has 0 aliphatic carbocycles. The maximum Gasteiger partial charge on any atom is 0.0589 e. The van der Waals surface area contributed by atoms with Gasteiger partial charge in [0, 0.05) is 25.9 Å². The summed E-state index contributed by atoms with van der Waals surface area (Å²) in [6, 6.07) is 0.248. The number of ether oxygens (including phenoxy) is 1. The molecule has 4 nitrogen and oxygen atoms in total. The zero-order valence-corrected chi connectivity index (χ0v) is 10.6. The Labute approximate surface area is 103 Å². The van der Waals surface area contributed by atoms with E-state index in [0.29, 0.717) is 6.10 Å². The number of aryl methyl sites for hydroxylation is 2. The molecule has 96 valence electrons. The molecular formula is C13H23N3O. The van der Waals surface area contributed by atoms with Crippen LogP contribution in [-0.2, 0) is 18.2 Å². The van der Waals surface area contributed by atoms with Crippen molar-refractivity contribution in [2.24, 2.45) is 12.8 Å². The fourth-order valence-corrected chi connectivity index (χ4v) is 2.40. The van der Waals surface area contributed by atoms with Crippen molar-refractivity contribution in [2.75, 3.05) is 6.61 Å². The Kier molecular flexibility index (Phi) is 4.57. The van der Waals surface area contributed by atoms with Crippen molar-refractivity contribution in [1.82, 2.24) is 9.78 Å². The number of nitrogens with two attached hydrogens (primary N) is 1. The molecule has 0 amide bonds. The first-order valence-electron chi connectivity index (χ1n) is 6.59. The Morgan fingerprint density at radius 1 is 1.59 bits per heavy atom. The van der Waals surface area contributed by atoms with E-state index in [-0.39, 0.29) is 6.04 Å². The summed E-state index contributed by atoms with van der Waals surface area (Å²) < 4.78 is 7.55. The van der Waals surface area contributed by atoms with Crippen molar-refractivity contribution >= 4 is 0 Å². The molecule has 0 radical (unpaired) electrons. The minimum atomic E-state index is 0.248. The Bertz CT molecular complexity index is 331. The summed E-state index contributed by atoms with van der Waals surface area (Å²) in [7, 11) is 1.94. The Morgan fingerprint density at radius 2 is 2.47 bits per heavy atom. The quantitative estimate of drug-likeness (QED) is 0.847. The third-order valence-corrected chi connectivity index (χ3v) is 3.40. The second kappa shape index (κ2) is 6.17. The van der Waals surface area contributed by atoms with E-state index in [1.807, 2.05) is 17.9 Å². The SMILES string of the molecule is Cn1cc(CCC(N)CC2CCCCO2)cn1. The van der Waals surface area contributed by atoms with Crippen LogP contribution in [0.3, 0.4) is 0 Å². The molecule has 2 heterocycles. The van der Waals surface area contributed by atoms with E-state index in [4.69, 9.17) is 10.5 Å². The van der Waals surface area contributed by atoms with Crippen LogP contribution >= 0.6 is 0 Å². The summed E-state index contributed by atoms with van der Waals surface area (Å²) in [4.78, 5) is 0. The Balaban J connectivity index is 1.68. The molecule has 0 aromatic carbocycles. The van der Waals surface area contributed by atoms with Crippen LogP contribution in [0.1, 0.15) is 37.7 Å². The van der Waals surface area contributed by atoms with E-state index in [9.17, 15) is 0 Å². The van der Waals surface area contributed by atoms with Crippen LogP contribution < -0.4 is 5.73 Å². The minimum Gasteiger partial charge on any atom is -0.378 e. The third kappa shape index (κ3) is 4.13. The van der Waals surface area contributed by atoms with Gasteiger partial charge in [0.05, 0.1) is 12.3 Å². The molecular weight excluding hydrogens is 214 g/mol. The first-order valence-corrected chi connectivity index (χ1v) is 6.59. The smallest absolute Gasteiger partial charge is 0.0589 e. The standard InChI is InChI=1S/C13H23N3O/c1-16-10-11(9-15-16)5-6-12(14)8-13-4-2-3-7-17-13/h9-10,12-13H,2-8,14H2,1H3. The van der Waals surface area contributed by atoms with E-state index >= 15 is 0 Å². The molecule has 0 spiro atoms. The van der Waals surface area contributed by atoms with Crippen molar-refractivity contribution in [3.8, 4) is 0 Å². The lowest BCUT2D eigenvalue weighted by atomic mass is 9.98. The maximum absolute atomic E-state index is 6.15. The third-order valence-electron chi connectivity index (χ3n) is 3.40. The molecule has 2 N–H and O–H groups in total. The summed E-state index contributed by atoms with van der Waals surface area (Å²) in [5.41, 5.74) is 7.42. The predicted molar refractivity (Wildman–Crippen MR) is 67.7 cm³/mol. The number of hydrogen-bond donors (Lipinski definition) is 1. The van der Waals surface area contributed by atoms with Gasteiger partial charge in [0.1, 0.15) is 0 Å². The highest BCUT2D eigenvalue weighted by atomic mass is 16.5. The number of rotatable bonds is 5. The van der Waals surface area contributed by atoms with Gasteiger partial charge in [-0.25, -0.2) is 0 Å². The summed E-state index contributed by atoms with van der Waals surface area (Å²) in [6.07, 6.45) is 11.1. The van der Waals surface area contributed by atoms with Gasteiger partial charge in [0.2, 0.25) is 0 Å². The van der Waals surface area contributed by atoms with E-state index in [1.165, 1.54) is 24.8 Å². The molecule has 0 saturated carbocycles. The van der Waals surface area contributed by atoms with E-state index in [1.54, 1.807) is 0 Å². The van der Waals surface area contributed by atoms with Gasteiger partial charge in [0.15, 0.2) is 0 Å². The predicted octanol–water partition coefficient (Wildman–Crippen LogP) is 1.64. The van der Waals surface area contributed by atoms with Crippen LogP contribution in [0.15, 0.2) is 12.4 Å². The van der Waals surface area contributed by atoms with Gasteiger partial charge in [-0.1, -0.05) is 0 Å². The van der Waals surface area contributed by atoms with Crippen molar-refractivity contribution in [2.45, 2.75) is 50.7 Å². The first kappa shape index (κ1) is 12.6. The van der Waals surface area contributed by atoms with Crippen LogP contribution in [-0.4, -0.2) is 28.5 Å². The van der Waals surface area contributed by atoms with Gasteiger partial charge in [-0.05, 0) is 44.1 Å². The van der Waals surface area contributed by atoms with E-state index < -0.39 is 0 Å². The van der Waals surface area contributed by atoms with Gasteiger partial charge in [-0.3, -0.25) is 4.68 Å². The normalized spacial score (nSPS) is 22.6. The monoisotopic (exact) mass is 237 g/mol. The second-order valence-electron chi connectivity index (χ2n) is 5.05. The van der Waals surface area contributed by atoms with E-state index in [0.717, 1.165) is 25.9 Å². The van der Waals surface area contributed by atoms with Crippen LogP contribution in [0.5, 0.6) is 0 Å². The van der Waals surface area contributed by atoms with Crippen molar-refractivity contribution < 1.29 is 4.74 Å². The highest BCUT2D eigenvalue weighted by Gasteiger charge is 2.17. The molecule has 0 bridgehead atoms. The highest BCUT2D eigenvalue weighted by Crippen LogP contribution is 2.18. The van der Waals surface area contributed by atoms with E-state index in [2.05, 4.69) is 11.3 Å². The molecule has 1 aromatic heterocycles. The average molecular weight is 237 g/mol. The van der Waals surface area contributed by atoms with Gasteiger partial charge in [0.25, 0.3) is 0 Å². The fraction of sp³-hybridized carbons (Fsp3) is 0.769. The minimum absolute atomic E-state index is 0.248. The summed E-state index contributed by atoms with van der Waals surface area (Å²) in [5.74, 6) is 0. The molecule has 17 heavy (non-hydrogen) atoms. The zero-order chi connectivity index (χ0) is 12.1. The summed E-state index contributed by atoms with van der Waals surface area (Å²) in [5, 5.41) is 4.16. The molecule has 1 fully saturated rings. The number of aromatic nitrogens is 2. The number of nitrogens with zero attached hydrogens (tertiary/aromatic N) is 2. The van der Waals surface area contributed by atoms with Crippen LogP contribution in [0.25, 0.3) is 0 Å².